The number of alkyl carbamates (subject to hydrolysis) is 1. The smallest absolute Gasteiger partial charge is 0.482 e. The monoisotopic (exact) mass is 668 g/mol. The average Bonchev–Trinajstić information content (AvgIpc) is 3.35. The van der Waals surface area contributed by atoms with Crippen LogP contribution in [0.25, 0.3) is 0 Å². The van der Waals surface area contributed by atoms with E-state index in [9.17, 15) is 14.4 Å². The van der Waals surface area contributed by atoms with Crippen LogP contribution in [0.15, 0.2) is 18.2 Å². The summed E-state index contributed by atoms with van der Waals surface area (Å²) in [6.07, 6.45) is 5.08. The van der Waals surface area contributed by atoms with Gasteiger partial charge in [0.25, 0.3) is 0 Å². The van der Waals surface area contributed by atoms with Crippen LogP contribution >= 0.6 is 0 Å². The van der Waals surface area contributed by atoms with Crippen LogP contribution in [0.4, 0.5) is 4.79 Å². The topological polar surface area (TPSA) is 121 Å². The third-order valence-electron chi connectivity index (χ3n) is 11.1. The Bertz CT molecular complexity index is 1360. The zero-order chi connectivity index (χ0) is 35.2. The molecule has 5 fully saturated rings. The molecule has 0 spiro atoms. The number of hydrogen-bond acceptors (Lipinski definition) is 8. The molecule has 48 heavy (non-hydrogen) atoms. The maximum atomic E-state index is 13.9. The van der Waals surface area contributed by atoms with Crippen molar-refractivity contribution in [2.24, 2.45) is 29.1 Å². The maximum absolute atomic E-state index is 13.9. The minimum Gasteiger partial charge on any atom is -0.496 e. The van der Waals surface area contributed by atoms with E-state index in [4.69, 9.17) is 23.5 Å². The van der Waals surface area contributed by atoms with Gasteiger partial charge in [-0.05, 0) is 128 Å². The molecule has 4 unspecified atom stereocenters. The lowest BCUT2D eigenvalue weighted by Crippen LogP contribution is -2.65. The van der Waals surface area contributed by atoms with Gasteiger partial charge < -0.3 is 34.2 Å². The summed E-state index contributed by atoms with van der Waals surface area (Å²) >= 11 is 0. The van der Waals surface area contributed by atoms with Crippen LogP contribution in [0.3, 0.4) is 0 Å². The average molecular weight is 669 g/mol. The van der Waals surface area contributed by atoms with Crippen LogP contribution in [0.1, 0.15) is 117 Å². The van der Waals surface area contributed by atoms with Gasteiger partial charge in [-0.25, -0.2) is 9.59 Å². The van der Waals surface area contributed by atoms with Crippen LogP contribution in [-0.2, 0) is 30.0 Å². The third-order valence-corrected chi connectivity index (χ3v) is 11.1. The molecule has 10 nitrogen and oxygen atoms in total. The van der Waals surface area contributed by atoms with Gasteiger partial charge in [0.1, 0.15) is 22.5 Å². The van der Waals surface area contributed by atoms with Crippen molar-refractivity contribution >= 4 is 25.1 Å². The molecule has 1 saturated heterocycles. The van der Waals surface area contributed by atoms with Gasteiger partial charge in [-0.15, -0.1) is 0 Å². The van der Waals surface area contributed by atoms with Crippen LogP contribution in [0.5, 0.6) is 5.75 Å². The minimum atomic E-state index is -0.662. The predicted octanol–water partition coefficient (Wildman–Crippen LogP) is 6.28. The molecule has 5 aliphatic rings. The van der Waals surface area contributed by atoms with Gasteiger partial charge in [-0.2, -0.15) is 0 Å². The zero-order valence-corrected chi connectivity index (χ0v) is 30.7. The molecule has 266 valence electrons. The van der Waals surface area contributed by atoms with Crippen molar-refractivity contribution in [2.75, 3.05) is 13.7 Å². The van der Waals surface area contributed by atoms with E-state index in [2.05, 4.69) is 31.4 Å². The molecule has 1 aromatic carbocycles. The Morgan fingerprint density at radius 1 is 0.979 bits per heavy atom. The fraction of sp³-hybridized carbons (Fsp3) is 0.757. The minimum absolute atomic E-state index is 0.0299. The molecule has 6 rings (SSSR count). The first-order valence-corrected chi connectivity index (χ1v) is 17.8. The Labute approximate surface area is 287 Å². The van der Waals surface area contributed by atoms with Crippen LogP contribution < -0.4 is 15.4 Å². The number of nitrogens with one attached hydrogen (secondary N) is 2. The van der Waals surface area contributed by atoms with E-state index < -0.39 is 41.9 Å². The number of methoxy groups -OCH3 is 1. The molecule has 2 amide bonds. The normalized spacial score (nSPS) is 30.0. The summed E-state index contributed by atoms with van der Waals surface area (Å²) in [6, 6.07) is 5.43. The molecule has 1 aromatic rings. The first-order chi connectivity index (χ1) is 22.3. The van der Waals surface area contributed by atoms with E-state index >= 15 is 0 Å². The summed E-state index contributed by atoms with van der Waals surface area (Å²) in [7, 11) is 0.896. The number of amides is 2. The molecule has 11 heteroatoms. The molecule has 0 aromatic heterocycles. The Hall–Kier alpha value is -2.79. The zero-order valence-electron chi connectivity index (χ0n) is 30.7. The van der Waals surface area contributed by atoms with Crippen molar-refractivity contribution in [2.45, 2.75) is 136 Å². The molecule has 5 atom stereocenters. The third kappa shape index (κ3) is 7.82. The molecule has 1 aliphatic heterocycles. The maximum Gasteiger partial charge on any atom is 0.482 e. The highest BCUT2D eigenvalue weighted by atomic mass is 16.7. The first-order valence-electron chi connectivity index (χ1n) is 17.8. The van der Waals surface area contributed by atoms with Crippen LogP contribution in [-0.4, -0.2) is 67.6 Å². The second-order valence-electron chi connectivity index (χ2n) is 17.3. The Balaban J connectivity index is 1.31. The van der Waals surface area contributed by atoms with Gasteiger partial charge >= 0.3 is 19.2 Å². The Morgan fingerprint density at radius 2 is 1.65 bits per heavy atom. The van der Waals surface area contributed by atoms with Gasteiger partial charge in [-0.3, -0.25) is 4.79 Å². The van der Waals surface area contributed by atoms with E-state index in [0.29, 0.717) is 36.1 Å². The molecular weight excluding hydrogens is 611 g/mol. The highest BCUT2D eigenvalue weighted by molar-refractivity contribution is 6.48. The second kappa shape index (κ2) is 13.5. The number of rotatable bonds is 9. The highest BCUT2D eigenvalue weighted by Crippen LogP contribution is 2.65. The van der Waals surface area contributed by atoms with Crippen LogP contribution in [0, 0.1) is 29.1 Å². The van der Waals surface area contributed by atoms with Crippen molar-refractivity contribution in [3.05, 3.63) is 29.3 Å². The van der Waals surface area contributed by atoms with Crippen molar-refractivity contribution in [1.29, 1.82) is 0 Å². The highest BCUT2D eigenvalue weighted by Gasteiger charge is 2.68. The number of hydrogen-bond donors (Lipinski definition) is 2. The molecule has 4 aliphatic carbocycles. The van der Waals surface area contributed by atoms with Crippen molar-refractivity contribution in [3.8, 4) is 5.75 Å². The number of carbonyl (C=O) groups is 3. The lowest BCUT2D eigenvalue weighted by molar-refractivity contribution is -0.199. The van der Waals surface area contributed by atoms with Crippen LogP contribution in [0.2, 0.25) is 0 Å². The van der Waals surface area contributed by atoms with E-state index in [1.807, 2.05) is 53.7 Å². The lowest BCUT2D eigenvalue weighted by atomic mass is 9.43. The molecule has 1 heterocycles. The van der Waals surface area contributed by atoms with Crippen molar-refractivity contribution in [1.82, 2.24) is 10.6 Å². The summed E-state index contributed by atoms with van der Waals surface area (Å²) in [5.74, 6) is 0.532. The standard InChI is InChI=1S/C37H57BN2O8/c1-34(2,3)45-32(42)26-13-11-12-24(30(26)44-10)18-29(38-47-28-20-25-19-27(36(25,7)8)37(28,9)48-38)40-31(41)23-16-14-22(15-17-23)21-39-33(43)46-35(4,5)6/h11-13,22-23,25,27-29H,14-21H2,1-10H3,(H,39,43)(H,40,41)/t22?,23?,25?,27?,28?,29-,37?/m0/s1. The Morgan fingerprint density at radius 3 is 2.25 bits per heavy atom. The molecule has 2 N–H and O–H groups in total. The van der Waals surface area contributed by atoms with Crippen molar-refractivity contribution in [3.63, 3.8) is 0 Å². The van der Waals surface area contributed by atoms with Crippen molar-refractivity contribution < 1.29 is 37.9 Å². The number of carbonyl (C=O) groups excluding carboxylic acids is 3. The number of benzene rings is 1. The SMILES string of the molecule is COc1c(C[C@H](NC(=O)C2CCC(CNC(=O)OC(C)(C)C)CC2)B2OC3CC4CC(C4(C)C)C3(C)O2)cccc1C(=O)OC(C)(C)C. The molecule has 4 saturated carbocycles. The number of ether oxygens (including phenoxy) is 3. The van der Waals surface area contributed by atoms with Gasteiger partial charge in [-0.1, -0.05) is 26.0 Å². The van der Waals surface area contributed by atoms with Gasteiger partial charge in [0.05, 0.1) is 24.8 Å². The molecular formula is C37H57BN2O8. The van der Waals surface area contributed by atoms with E-state index in [-0.39, 0.29) is 29.3 Å². The Kier molecular flexibility index (Phi) is 10.3. The molecule has 2 bridgehead atoms. The largest absolute Gasteiger partial charge is 0.496 e. The first kappa shape index (κ1) is 36.5. The predicted molar refractivity (Wildman–Crippen MR) is 184 cm³/mol. The summed E-state index contributed by atoms with van der Waals surface area (Å²) in [4.78, 5) is 39.2. The summed E-state index contributed by atoms with van der Waals surface area (Å²) in [5.41, 5.74) is -0.358. The van der Waals surface area contributed by atoms with E-state index in [1.54, 1.807) is 13.2 Å². The molecule has 0 radical (unpaired) electrons. The van der Waals surface area contributed by atoms with E-state index in [1.165, 1.54) is 0 Å². The lowest BCUT2D eigenvalue weighted by Gasteiger charge is -2.64. The fourth-order valence-corrected chi connectivity index (χ4v) is 8.47. The van der Waals surface area contributed by atoms with Gasteiger partial charge in [0.15, 0.2) is 0 Å². The van der Waals surface area contributed by atoms with Gasteiger partial charge in [0.2, 0.25) is 5.91 Å². The summed E-state index contributed by atoms with van der Waals surface area (Å²) in [5, 5.41) is 6.22. The summed E-state index contributed by atoms with van der Waals surface area (Å²) < 4.78 is 30.4. The fourth-order valence-electron chi connectivity index (χ4n) is 8.47. The summed E-state index contributed by atoms with van der Waals surface area (Å²) in [6.45, 7) is 18.4. The van der Waals surface area contributed by atoms with E-state index in [0.717, 1.165) is 44.1 Å². The number of esters is 1. The second-order valence-corrected chi connectivity index (χ2v) is 17.3. The quantitative estimate of drug-likeness (QED) is 0.233. The number of para-hydroxylation sites is 1. The van der Waals surface area contributed by atoms with Gasteiger partial charge in [0, 0.05) is 12.5 Å².